The van der Waals surface area contributed by atoms with E-state index in [-0.39, 0.29) is 5.75 Å². The number of tetrazole rings is 1. The molecule has 0 atom stereocenters. The molecule has 2 aromatic carbocycles. The Kier molecular flexibility index (Phi) is 4.71. The quantitative estimate of drug-likeness (QED) is 0.686. The van der Waals surface area contributed by atoms with E-state index in [1.54, 1.807) is 29.8 Å². The SMILES string of the molecule is Cc1ccccc1S(=O)(=O)Cc1nnnn1CCc1ccccc1. The van der Waals surface area contributed by atoms with Gasteiger partial charge in [0.1, 0.15) is 5.75 Å². The molecule has 0 saturated carbocycles. The molecule has 0 saturated heterocycles. The first-order chi connectivity index (χ1) is 11.6. The van der Waals surface area contributed by atoms with Crippen LogP contribution in [0.3, 0.4) is 0 Å². The van der Waals surface area contributed by atoms with Gasteiger partial charge < -0.3 is 0 Å². The van der Waals surface area contributed by atoms with E-state index in [2.05, 4.69) is 15.5 Å². The van der Waals surface area contributed by atoms with Gasteiger partial charge in [0.05, 0.1) is 4.90 Å². The Hall–Kier alpha value is -2.54. The fourth-order valence-corrected chi connectivity index (χ4v) is 4.08. The van der Waals surface area contributed by atoms with Crippen molar-refractivity contribution in [3.05, 3.63) is 71.5 Å². The van der Waals surface area contributed by atoms with Gasteiger partial charge in [0.2, 0.25) is 0 Å². The molecule has 3 aromatic rings. The van der Waals surface area contributed by atoms with Crippen LogP contribution in [0.25, 0.3) is 0 Å². The summed E-state index contributed by atoms with van der Waals surface area (Å²) in [5.41, 5.74) is 1.88. The smallest absolute Gasteiger partial charge is 0.185 e. The van der Waals surface area contributed by atoms with Crippen molar-refractivity contribution in [2.75, 3.05) is 0 Å². The molecular formula is C17H18N4O2S. The second kappa shape index (κ2) is 6.92. The minimum absolute atomic E-state index is 0.209. The van der Waals surface area contributed by atoms with Gasteiger partial charge in [-0.1, -0.05) is 48.5 Å². The highest BCUT2D eigenvalue weighted by Gasteiger charge is 2.21. The van der Waals surface area contributed by atoms with Crippen LogP contribution >= 0.6 is 0 Å². The average molecular weight is 342 g/mol. The second-order valence-corrected chi connectivity index (χ2v) is 7.54. The highest BCUT2D eigenvalue weighted by Crippen LogP contribution is 2.19. The maximum Gasteiger partial charge on any atom is 0.185 e. The zero-order valence-electron chi connectivity index (χ0n) is 13.3. The second-order valence-electron chi connectivity index (χ2n) is 5.58. The molecule has 7 heteroatoms. The molecule has 24 heavy (non-hydrogen) atoms. The topological polar surface area (TPSA) is 77.7 Å². The monoisotopic (exact) mass is 342 g/mol. The van der Waals surface area contributed by atoms with E-state index in [0.717, 1.165) is 17.5 Å². The molecular weight excluding hydrogens is 324 g/mol. The van der Waals surface area contributed by atoms with Gasteiger partial charge in [-0.05, 0) is 41.0 Å². The van der Waals surface area contributed by atoms with Gasteiger partial charge in [0.25, 0.3) is 0 Å². The summed E-state index contributed by atoms with van der Waals surface area (Å²) >= 11 is 0. The third-order valence-electron chi connectivity index (χ3n) is 3.81. The van der Waals surface area contributed by atoms with E-state index in [1.165, 1.54) is 0 Å². The number of hydrogen-bond donors (Lipinski definition) is 0. The van der Waals surface area contributed by atoms with Crippen molar-refractivity contribution in [1.29, 1.82) is 0 Å². The molecule has 0 aliphatic heterocycles. The highest BCUT2D eigenvalue weighted by molar-refractivity contribution is 7.90. The molecule has 0 spiro atoms. The van der Waals surface area contributed by atoms with E-state index in [9.17, 15) is 8.42 Å². The first-order valence-electron chi connectivity index (χ1n) is 7.63. The van der Waals surface area contributed by atoms with Gasteiger partial charge in [-0.25, -0.2) is 13.1 Å². The van der Waals surface area contributed by atoms with Crippen molar-refractivity contribution in [3.63, 3.8) is 0 Å². The van der Waals surface area contributed by atoms with Gasteiger partial charge in [-0.3, -0.25) is 0 Å². The number of aromatic nitrogens is 4. The lowest BCUT2D eigenvalue weighted by atomic mass is 10.1. The normalized spacial score (nSPS) is 11.5. The Morgan fingerprint density at radius 2 is 1.71 bits per heavy atom. The number of hydrogen-bond acceptors (Lipinski definition) is 5. The molecule has 0 radical (unpaired) electrons. The minimum Gasteiger partial charge on any atom is -0.228 e. The van der Waals surface area contributed by atoms with Crippen molar-refractivity contribution in [2.24, 2.45) is 0 Å². The molecule has 3 rings (SSSR count). The zero-order valence-corrected chi connectivity index (χ0v) is 14.1. The van der Waals surface area contributed by atoms with Crippen LogP contribution in [0.4, 0.5) is 0 Å². The molecule has 6 nitrogen and oxygen atoms in total. The van der Waals surface area contributed by atoms with E-state index in [4.69, 9.17) is 0 Å². The third-order valence-corrected chi connectivity index (χ3v) is 5.58. The molecule has 0 fully saturated rings. The van der Waals surface area contributed by atoms with Crippen LogP contribution in [0.15, 0.2) is 59.5 Å². The maximum absolute atomic E-state index is 12.6. The van der Waals surface area contributed by atoms with Gasteiger partial charge in [0.15, 0.2) is 15.7 Å². The lowest BCUT2D eigenvalue weighted by molar-refractivity contribution is 0.563. The Balaban J connectivity index is 1.77. The molecule has 0 aliphatic rings. The van der Waals surface area contributed by atoms with Crippen LogP contribution in [0.5, 0.6) is 0 Å². The molecule has 124 valence electrons. The summed E-state index contributed by atoms with van der Waals surface area (Å²) in [6, 6.07) is 16.9. The van der Waals surface area contributed by atoms with Crippen LogP contribution in [0, 0.1) is 6.92 Å². The number of benzene rings is 2. The predicted octanol–water partition coefficient (Wildman–Crippen LogP) is 2.20. The van der Waals surface area contributed by atoms with E-state index in [0.29, 0.717) is 17.3 Å². The first kappa shape index (κ1) is 16.3. The Bertz CT molecular complexity index is 921. The molecule has 0 bridgehead atoms. The Labute approximate surface area is 141 Å². The number of aryl methyl sites for hydroxylation is 3. The summed E-state index contributed by atoms with van der Waals surface area (Å²) in [4.78, 5) is 0.322. The van der Waals surface area contributed by atoms with Crippen molar-refractivity contribution < 1.29 is 8.42 Å². The lowest BCUT2D eigenvalue weighted by Gasteiger charge is -2.08. The Morgan fingerprint density at radius 3 is 2.46 bits per heavy atom. The highest BCUT2D eigenvalue weighted by atomic mass is 32.2. The number of sulfone groups is 1. The summed E-state index contributed by atoms with van der Waals surface area (Å²) in [5.74, 6) is 0.147. The molecule has 0 N–H and O–H groups in total. The van der Waals surface area contributed by atoms with Gasteiger partial charge in [-0.2, -0.15) is 0 Å². The minimum atomic E-state index is -3.48. The van der Waals surface area contributed by atoms with Crippen molar-refractivity contribution in [2.45, 2.75) is 30.5 Å². The average Bonchev–Trinajstić information content (AvgIpc) is 3.00. The van der Waals surface area contributed by atoms with E-state index in [1.807, 2.05) is 36.4 Å². The summed E-state index contributed by atoms with van der Waals surface area (Å²) in [5, 5.41) is 11.4. The fraction of sp³-hybridized carbons (Fsp3) is 0.235. The van der Waals surface area contributed by atoms with Gasteiger partial charge >= 0.3 is 0 Å². The van der Waals surface area contributed by atoms with Crippen molar-refractivity contribution in [1.82, 2.24) is 20.2 Å². The molecule has 0 amide bonds. The Morgan fingerprint density at radius 1 is 1.00 bits per heavy atom. The van der Waals surface area contributed by atoms with Crippen LogP contribution in [-0.2, 0) is 28.6 Å². The molecule has 1 aromatic heterocycles. The summed E-state index contributed by atoms with van der Waals surface area (Å²) in [7, 11) is -3.48. The van der Waals surface area contributed by atoms with Crippen LogP contribution in [0.2, 0.25) is 0 Å². The molecule has 1 heterocycles. The lowest BCUT2D eigenvalue weighted by Crippen LogP contribution is -2.14. The number of rotatable bonds is 6. The van der Waals surface area contributed by atoms with Gasteiger partial charge in [0, 0.05) is 6.54 Å². The summed E-state index contributed by atoms with van der Waals surface area (Å²) in [6.45, 7) is 2.32. The third kappa shape index (κ3) is 3.68. The predicted molar refractivity (Wildman–Crippen MR) is 90.0 cm³/mol. The zero-order chi connectivity index (χ0) is 17.0. The molecule has 0 unspecified atom stereocenters. The van der Waals surface area contributed by atoms with Crippen LogP contribution in [0.1, 0.15) is 17.0 Å². The van der Waals surface area contributed by atoms with Gasteiger partial charge in [-0.15, -0.1) is 5.10 Å². The largest absolute Gasteiger partial charge is 0.228 e. The first-order valence-corrected chi connectivity index (χ1v) is 9.29. The summed E-state index contributed by atoms with van der Waals surface area (Å²) in [6.07, 6.45) is 0.739. The van der Waals surface area contributed by atoms with E-state index >= 15 is 0 Å². The standard InChI is InChI=1S/C17H18N4O2S/c1-14-7-5-6-10-16(14)24(22,23)13-17-18-19-20-21(17)12-11-15-8-3-2-4-9-15/h2-10H,11-13H2,1H3. The molecule has 0 aliphatic carbocycles. The van der Waals surface area contributed by atoms with Crippen LogP contribution in [-0.4, -0.2) is 28.6 Å². The van der Waals surface area contributed by atoms with E-state index < -0.39 is 9.84 Å². The summed E-state index contributed by atoms with van der Waals surface area (Å²) < 4.78 is 26.8. The van der Waals surface area contributed by atoms with Crippen molar-refractivity contribution in [3.8, 4) is 0 Å². The fourth-order valence-electron chi connectivity index (χ4n) is 2.53. The van der Waals surface area contributed by atoms with Crippen molar-refractivity contribution >= 4 is 9.84 Å². The maximum atomic E-state index is 12.6. The number of nitrogens with zero attached hydrogens (tertiary/aromatic N) is 4. The van der Waals surface area contributed by atoms with Crippen LogP contribution < -0.4 is 0 Å².